The van der Waals surface area contributed by atoms with Gasteiger partial charge in [0.25, 0.3) is 5.91 Å². The third-order valence-corrected chi connectivity index (χ3v) is 30.6. The fourth-order valence-corrected chi connectivity index (χ4v) is 29.0. The first-order chi connectivity index (χ1) is 34.9. The molecule has 3 aromatic rings. The molecule has 3 aromatic carbocycles. The summed E-state index contributed by atoms with van der Waals surface area (Å²) < 4.78 is -2.37. The van der Waals surface area contributed by atoms with Crippen molar-refractivity contribution in [2.75, 3.05) is 6.54 Å². The number of hydrogen-bond donors (Lipinski definition) is 4. The van der Waals surface area contributed by atoms with E-state index in [2.05, 4.69) is 93.7 Å². The highest BCUT2D eigenvalue weighted by molar-refractivity contribution is 8.23. The zero-order valence-electron chi connectivity index (χ0n) is 45.6. The highest BCUT2D eigenvalue weighted by Crippen LogP contribution is 2.74. The fraction of sp³-hybridized carbons (Fsp3) is 0.574. The lowest BCUT2D eigenvalue weighted by Gasteiger charge is -2.50. The van der Waals surface area contributed by atoms with Crippen molar-refractivity contribution in [2.24, 2.45) is 0 Å². The maximum absolute atomic E-state index is 15.2. The Morgan fingerprint density at radius 3 is 0.974 bits per heavy atom. The topological polar surface area (TPSA) is 156 Å². The number of unbranched alkanes of at least 4 members (excludes halogenated alkanes) is 1. The number of rotatable bonds is 12. The van der Waals surface area contributed by atoms with Crippen molar-refractivity contribution in [2.45, 2.75) is 243 Å². The summed E-state index contributed by atoms with van der Waals surface area (Å²) in [6.07, 6.45) is 2.68. The Kier molecular flexibility index (Phi) is 15.4. The number of nitrogens with zero attached hydrogens (tertiary/aromatic N) is 1. The summed E-state index contributed by atoms with van der Waals surface area (Å²) >= 11 is 20.3. The van der Waals surface area contributed by atoms with Crippen LogP contribution in [-0.4, -0.2) is 87.2 Å². The van der Waals surface area contributed by atoms with Gasteiger partial charge in [0, 0.05) is 88.8 Å². The fourth-order valence-electron chi connectivity index (χ4n) is 11.2. The largest absolute Gasteiger partial charge is 0.478 e. The maximum atomic E-state index is 15.2. The van der Waals surface area contributed by atoms with E-state index in [9.17, 15) is 29.8 Å². The molecular weight excluding hydrogens is 1190 g/mol. The third kappa shape index (κ3) is 10.8. The highest BCUT2D eigenvalue weighted by Gasteiger charge is 2.54. The van der Waals surface area contributed by atoms with Gasteiger partial charge < -0.3 is 20.8 Å². The molecule has 0 aliphatic carbocycles. The van der Waals surface area contributed by atoms with Crippen molar-refractivity contribution < 1.29 is 34.6 Å². The number of benzene rings is 3. The SMILES string of the molecule is CC1(C)Sc2c(c(C(=O)O)c3c(c2[C](c2c4c(c(C(=O)O)c5c2SC(C)(C)S5)SC(C)(C)S4)c2c4c(c(C(=O)NCCCCC(=O)NC5CC(C)(C)N([O])C(C)(C)C5)c5c2SC(C)(C)S5)SC(C)(C)S4)SC(C)(C)S3)S1. The van der Waals surface area contributed by atoms with Gasteiger partial charge in [-0.15, -0.1) is 151 Å². The number of carbonyl (C=O) groups excluding carboxylic acids is 2. The number of thioether (sulfide) groups is 12. The van der Waals surface area contributed by atoms with E-state index in [1.165, 1.54) is 5.06 Å². The number of nitrogens with one attached hydrogen (secondary N) is 2. The summed E-state index contributed by atoms with van der Waals surface area (Å²) in [6, 6.07) is -0.0913. The Labute approximate surface area is 499 Å². The Bertz CT molecular complexity index is 2810. The summed E-state index contributed by atoms with van der Waals surface area (Å²) in [4.78, 5) is 66.6. The number of amides is 2. The lowest BCUT2D eigenvalue weighted by Crippen LogP contribution is -2.62. The highest BCUT2D eigenvalue weighted by atomic mass is 32.2. The summed E-state index contributed by atoms with van der Waals surface area (Å²) in [7, 11) is 0. The van der Waals surface area contributed by atoms with Gasteiger partial charge in [0.2, 0.25) is 5.91 Å². The maximum Gasteiger partial charge on any atom is 0.338 e. The van der Waals surface area contributed by atoms with Crippen molar-refractivity contribution in [3.05, 3.63) is 39.3 Å². The molecule has 10 nitrogen and oxygen atoms in total. The molecule has 76 heavy (non-hydrogen) atoms. The molecule has 2 amide bonds. The van der Waals surface area contributed by atoms with Crippen LogP contribution in [0.5, 0.6) is 0 Å². The molecule has 22 heteroatoms. The molecule has 1 saturated heterocycles. The average molecular weight is 1250 g/mol. The van der Waals surface area contributed by atoms with Crippen LogP contribution in [0.1, 0.15) is 191 Å². The number of hydrogen-bond acceptors (Lipinski definition) is 17. The van der Waals surface area contributed by atoms with Crippen LogP contribution in [0.15, 0.2) is 58.7 Å². The average Bonchev–Trinajstić information content (AvgIpc) is 4.08. The molecule has 2 radical (unpaired) electrons. The van der Waals surface area contributed by atoms with E-state index < -0.39 is 39.3 Å². The minimum absolute atomic E-state index is 0.0446. The van der Waals surface area contributed by atoms with Gasteiger partial charge in [0.05, 0.1) is 47.1 Å². The summed E-state index contributed by atoms with van der Waals surface area (Å²) in [5, 5.41) is 43.1. The molecule has 0 unspecified atom stereocenters. The predicted molar refractivity (Wildman–Crippen MR) is 327 cm³/mol. The van der Waals surface area contributed by atoms with Crippen LogP contribution in [0.4, 0.5) is 0 Å². The second-order valence-electron chi connectivity index (χ2n) is 24.1. The van der Waals surface area contributed by atoms with Crippen LogP contribution in [-0.2, 0) is 10.0 Å². The first kappa shape index (κ1) is 58.8. The first-order valence-electron chi connectivity index (χ1n) is 25.3. The summed E-state index contributed by atoms with van der Waals surface area (Å²) in [5.74, 6) is -1.10. The quantitative estimate of drug-likeness (QED) is 0.100. The van der Waals surface area contributed by atoms with Crippen LogP contribution in [0.3, 0.4) is 0 Å². The molecule has 0 bridgehead atoms. The number of piperidine rings is 1. The van der Waals surface area contributed by atoms with Crippen LogP contribution in [0.25, 0.3) is 0 Å². The number of carboxylic acid groups (broad SMARTS) is 2. The standard InChI is InChI=1S/C54H65N3O7S12/c1-47(2)21-23(22-48(3,4)57(47)64)56-24(58)19-17-18-20-55-44(59)29-38-32(65-49(5,6)71-38)26(33-39(29)72-50(7,8)66-33)25(27-34-40(73-51(9,10)67-34)30(45(60)61)41-35(27)68-52(11,12)74-41)28-36-42(75-53(13,14)69-36)31(46(62)63)43-37(28)70-54(15,16)76-43/h23H,17-22H2,1-16H3,(H,55,59)(H,56,58)(H,60,61)(H,62,63). The molecule has 410 valence electrons. The van der Waals surface area contributed by atoms with Crippen molar-refractivity contribution >= 4 is 165 Å². The normalized spacial score (nSPS) is 23.2. The van der Waals surface area contributed by atoms with Crippen molar-refractivity contribution in [3.8, 4) is 0 Å². The molecule has 4 N–H and O–H groups in total. The van der Waals surface area contributed by atoms with E-state index in [-0.39, 0.29) is 26.0 Å². The minimum atomic E-state index is -0.944. The van der Waals surface area contributed by atoms with E-state index in [0.717, 1.165) is 81.4 Å². The zero-order valence-corrected chi connectivity index (χ0v) is 55.4. The lowest BCUT2D eigenvalue weighted by atomic mass is 9.79. The van der Waals surface area contributed by atoms with E-state index in [4.69, 9.17) is 0 Å². The molecular formula is C54H65N3O7S12. The Morgan fingerprint density at radius 1 is 0.434 bits per heavy atom. The molecule has 0 spiro atoms. The van der Waals surface area contributed by atoms with Gasteiger partial charge in [-0.1, -0.05) is 0 Å². The van der Waals surface area contributed by atoms with Crippen molar-refractivity contribution in [1.82, 2.24) is 15.7 Å². The zero-order chi connectivity index (χ0) is 55.6. The Morgan fingerprint density at radius 2 is 0.697 bits per heavy atom. The molecule has 7 heterocycles. The van der Waals surface area contributed by atoms with E-state index in [0.29, 0.717) is 55.3 Å². The Hall–Kier alpha value is -0.340. The smallest absolute Gasteiger partial charge is 0.338 e. The summed E-state index contributed by atoms with van der Waals surface area (Å²) in [6.45, 7) is 34.3. The van der Waals surface area contributed by atoms with E-state index in [1.54, 1.807) is 141 Å². The molecule has 0 aromatic heterocycles. The second kappa shape index (κ2) is 19.9. The van der Waals surface area contributed by atoms with Gasteiger partial charge in [-0.25, -0.2) is 9.59 Å². The molecule has 7 aliphatic rings. The predicted octanol–water partition coefficient (Wildman–Crippen LogP) is 17.1. The van der Waals surface area contributed by atoms with E-state index in [1.807, 2.05) is 27.7 Å². The number of carboxylic acids is 2. The number of carbonyl (C=O) groups is 4. The third-order valence-electron chi connectivity index (χ3n) is 13.6. The monoisotopic (exact) mass is 1250 g/mol. The van der Waals surface area contributed by atoms with Gasteiger partial charge in [-0.05, 0) is 153 Å². The lowest BCUT2D eigenvalue weighted by molar-refractivity contribution is -0.290. The first-order valence-corrected chi connectivity index (χ1v) is 35.1. The van der Waals surface area contributed by atoms with Gasteiger partial charge in [-0.3, -0.25) is 9.59 Å². The van der Waals surface area contributed by atoms with Crippen molar-refractivity contribution in [1.29, 1.82) is 0 Å². The molecule has 1 fully saturated rings. The molecule has 0 atom stereocenters. The minimum Gasteiger partial charge on any atom is -0.478 e. The van der Waals surface area contributed by atoms with Crippen LogP contribution < -0.4 is 10.6 Å². The van der Waals surface area contributed by atoms with Crippen LogP contribution >= 0.6 is 141 Å². The molecule has 7 aliphatic heterocycles. The number of aromatic carboxylic acids is 2. The van der Waals surface area contributed by atoms with Crippen LogP contribution in [0, 0.1) is 5.92 Å². The van der Waals surface area contributed by atoms with Crippen molar-refractivity contribution in [3.63, 3.8) is 0 Å². The Balaban J connectivity index is 1.15. The van der Waals surface area contributed by atoms with Gasteiger partial charge in [-0.2, -0.15) is 0 Å². The summed E-state index contributed by atoms with van der Waals surface area (Å²) in [5.41, 5.74) is 3.22. The van der Waals surface area contributed by atoms with Gasteiger partial charge in [0.15, 0.2) is 0 Å². The van der Waals surface area contributed by atoms with Gasteiger partial charge >= 0.3 is 11.9 Å². The molecule has 0 saturated carbocycles. The second-order valence-corrected chi connectivity index (χ2v) is 45.3. The number of hydroxylamine groups is 2. The molecule has 10 rings (SSSR count). The van der Waals surface area contributed by atoms with Crippen LogP contribution in [0.2, 0.25) is 0 Å². The van der Waals surface area contributed by atoms with E-state index >= 15 is 4.79 Å². The number of fused-ring (bicyclic) bond motifs is 6. The van der Waals surface area contributed by atoms with Gasteiger partial charge in [0.1, 0.15) is 0 Å².